The summed E-state index contributed by atoms with van der Waals surface area (Å²) in [5.41, 5.74) is 9.24. The van der Waals surface area contributed by atoms with Crippen molar-refractivity contribution in [1.29, 1.82) is 0 Å². The fraction of sp³-hybridized carbons (Fsp3) is 0.0870. The van der Waals surface area contributed by atoms with Gasteiger partial charge in [-0.05, 0) is 54.8 Å². The molecular formula is C23H16ClFN6O2. The SMILES string of the molecule is NC(=O)c1nn(-c2ccc(F)cc2)c2c1CCc1ccc(NC(=O)c3ccncc3Cl)nc1-2. The Morgan fingerprint density at radius 1 is 1.09 bits per heavy atom. The number of aromatic nitrogens is 4. The summed E-state index contributed by atoms with van der Waals surface area (Å²) in [7, 11) is 0. The van der Waals surface area contributed by atoms with E-state index in [0.717, 1.165) is 5.56 Å². The third-order valence-electron chi connectivity index (χ3n) is 5.39. The normalized spacial score (nSPS) is 12.1. The molecule has 0 atom stereocenters. The van der Waals surface area contributed by atoms with Crippen LogP contribution < -0.4 is 11.1 Å². The minimum absolute atomic E-state index is 0.139. The fourth-order valence-corrected chi connectivity index (χ4v) is 4.07. The second-order valence-corrected chi connectivity index (χ2v) is 7.85. The fourth-order valence-electron chi connectivity index (χ4n) is 3.86. The van der Waals surface area contributed by atoms with Crippen molar-refractivity contribution in [2.75, 3.05) is 5.32 Å². The molecule has 1 aromatic carbocycles. The Hall–Kier alpha value is -4.11. The number of halogens is 2. The molecule has 0 radical (unpaired) electrons. The highest BCUT2D eigenvalue weighted by molar-refractivity contribution is 6.34. The first-order valence-corrected chi connectivity index (χ1v) is 10.4. The van der Waals surface area contributed by atoms with Crippen LogP contribution in [0.5, 0.6) is 0 Å². The number of carbonyl (C=O) groups excluding carboxylic acids is 2. The number of amides is 2. The van der Waals surface area contributed by atoms with E-state index in [2.05, 4.69) is 20.4 Å². The number of fused-ring (bicyclic) bond motifs is 3. The number of hydrogen-bond donors (Lipinski definition) is 2. The third-order valence-corrected chi connectivity index (χ3v) is 5.70. The van der Waals surface area contributed by atoms with Crippen molar-refractivity contribution < 1.29 is 14.0 Å². The Bertz CT molecular complexity index is 1420. The number of benzene rings is 1. The maximum Gasteiger partial charge on any atom is 0.269 e. The Kier molecular flexibility index (Phi) is 5.10. The summed E-state index contributed by atoms with van der Waals surface area (Å²) in [6.07, 6.45) is 4.02. The standard InChI is InChI=1S/C23H16ClFN6O2/c24-17-11-27-10-9-15(17)23(33)29-18-8-2-12-1-7-16-20(22(26)32)30-31(21(16)19(12)28-18)14-5-3-13(25)4-6-14/h2-6,8-11H,1,7H2,(H2,26,32)(H,28,29,33). The van der Waals surface area contributed by atoms with Gasteiger partial charge in [-0.3, -0.25) is 14.6 Å². The number of nitrogens with two attached hydrogens (primary N) is 1. The molecule has 8 nitrogen and oxygen atoms in total. The number of carbonyl (C=O) groups is 2. The van der Waals surface area contributed by atoms with Crippen molar-refractivity contribution in [3.63, 3.8) is 0 Å². The first-order valence-electron chi connectivity index (χ1n) is 10.0. The van der Waals surface area contributed by atoms with Crippen molar-refractivity contribution in [3.8, 4) is 17.1 Å². The molecule has 0 saturated carbocycles. The Balaban J connectivity index is 1.61. The number of hydrogen-bond acceptors (Lipinski definition) is 5. The van der Waals surface area contributed by atoms with E-state index in [4.69, 9.17) is 17.3 Å². The van der Waals surface area contributed by atoms with E-state index in [9.17, 15) is 14.0 Å². The predicted molar refractivity (Wildman–Crippen MR) is 120 cm³/mol. The molecule has 164 valence electrons. The molecule has 0 unspecified atom stereocenters. The van der Waals surface area contributed by atoms with Crippen LogP contribution in [0.15, 0.2) is 54.9 Å². The quantitative estimate of drug-likeness (QED) is 0.481. The number of anilines is 1. The lowest BCUT2D eigenvalue weighted by Gasteiger charge is -2.19. The van der Waals surface area contributed by atoms with Gasteiger partial charge in [0.05, 0.1) is 27.7 Å². The average molecular weight is 463 g/mol. The smallest absolute Gasteiger partial charge is 0.269 e. The summed E-state index contributed by atoms with van der Waals surface area (Å²) in [4.78, 5) is 33.3. The minimum atomic E-state index is -0.660. The first kappa shape index (κ1) is 20.8. The van der Waals surface area contributed by atoms with E-state index in [1.54, 1.807) is 18.2 Å². The highest BCUT2D eigenvalue weighted by Crippen LogP contribution is 2.36. The summed E-state index contributed by atoms with van der Waals surface area (Å²) in [6.45, 7) is 0. The summed E-state index contributed by atoms with van der Waals surface area (Å²) in [6, 6.07) is 10.8. The van der Waals surface area contributed by atoms with Crippen LogP contribution in [-0.4, -0.2) is 31.6 Å². The third kappa shape index (κ3) is 3.72. The van der Waals surface area contributed by atoms with Crippen LogP contribution >= 0.6 is 11.6 Å². The van der Waals surface area contributed by atoms with Crippen LogP contribution in [0.2, 0.25) is 5.02 Å². The van der Waals surface area contributed by atoms with Gasteiger partial charge >= 0.3 is 0 Å². The van der Waals surface area contributed by atoms with Crippen molar-refractivity contribution in [1.82, 2.24) is 19.7 Å². The average Bonchev–Trinajstić information content (AvgIpc) is 3.20. The molecule has 0 aliphatic heterocycles. The van der Waals surface area contributed by atoms with Crippen LogP contribution in [-0.2, 0) is 12.8 Å². The number of nitrogens with one attached hydrogen (secondary N) is 1. The van der Waals surface area contributed by atoms with Crippen molar-refractivity contribution in [2.45, 2.75) is 12.8 Å². The summed E-state index contributed by atoms with van der Waals surface area (Å²) < 4.78 is 15.0. The van der Waals surface area contributed by atoms with E-state index in [1.165, 1.54) is 35.3 Å². The van der Waals surface area contributed by atoms with Gasteiger partial charge in [0, 0.05) is 18.0 Å². The lowest BCUT2D eigenvalue weighted by molar-refractivity contribution is 0.0992. The van der Waals surface area contributed by atoms with E-state index in [0.29, 0.717) is 41.3 Å². The van der Waals surface area contributed by atoms with Crippen LogP contribution in [0, 0.1) is 5.82 Å². The number of aryl methyl sites for hydroxylation is 1. The Morgan fingerprint density at radius 2 is 1.88 bits per heavy atom. The predicted octanol–water partition coefficient (Wildman–Crippen LogP) is 3.57. The Labute approximate surface area is 192 Å². The number of nitrogens with zero attached hydrogens (tertiary/aromatic N) is 4. The second kappa shape index (κ2) is 8.10. The number of primary amides is 1. The molecule has 0 bridgehead atoms. The molecule has 0 fully saturated rings. The maximum absolute atomic E-state index is 13.5. The van der Waals surface area contributed by atoms with Gasteiger partial charge in [-0.15, -0.1) is 0 Å². The summed E-state index contributed by atoms with van der Waals surface area (Å²) in [5.74, 6) is -1.19. The zero-order chi connectivity index (χ0) is 23.1. The van der Waals surface area contributed by atoms with Crippen LogP contribution in [0.1, 0.15) is 32.0 Å². The highest BCUT2D eigenvalue weighted by atomic mass is 35.5. The molecule has 2 amide bonds. The minimum Gasteiger partial charge on any atom is -0.364 e. The first-order chi connectivity index (χ1) is 15.9. The largest absolute Gasteiger partial charge is 0.364 e. The molecule has 5 rings (SSSR count). The van der Waals surface area contributed by atoms with Crippen LogP contribution in [0.3, 0.4) is 0 Å². The van der Waals surface area contributed by atoms with Crippen molar-refractivity contribution >= 4 is 29.2 Å². The van der Waals surface area contributed by atoms with Crippen molar-refractivity contribution in [2.24, 2.45) is 5.73 Å². The molecule has 0 spiro atoms. The van der Waals surface area contributed by atoms with Gasteiger partial charge in [0.25, 0.3) is 11.8 Å². The molecule has 3 heterocycles. The maximum atomic E-state index is 13.5. The van der Waals surface area contributed by atoms with Crippen molar-refractivity contribution in [3.05, 3.63) is 88.1 Å². The van der Waals surface area contributed by atoms with Gasteiger partial charge in [0.1, 0.15) is 11.6 Å². The number of pyridine rings is 2. The van der Waals surface area contributed by atoms with Gasteiger partial charge in [0.2, 0.25) is 0 Å². The highest BCUT2D eigenvalue weighted by Gasteiger charge is 2.29. The molecule has 4 aromatic rings. The number of rotatable bonds is 4. The second-order valence-electron chi connectivity index (χ2n) is 7.44. The summed E-state index contributed by atoms with van der Waals surface area (Å²) >= 11 is 6.07. The molecule has 33 heavy (non-hydrogen) atoms. The van der Waals surface area contributed by atoms with E-state index < -0.39 is 17.6 Å². The molecular weight excluding hydrogens is 447 g/mol. The molecule has 10 heteroatoms. The zero-order valence-corrected chi connectivity index (χ0v) is 17.8. The van der Waals surface area contributed by atoms with E-state index in [1.807, 2.05) is 6.07 Å². The Morgan fingerprint density at radius 3 is 2.61 bits per heavy atom. The lowest BCUT2D eigenvalue weighted by Crippen LogP contribution is -2.17. The van der Waals surface area contributed by atoms with Gasteiger partial charge in [0.15, 0.2) is 5.69 Å². The zero-order valence-electron chi connectivity index (χ0n) is 17.0. The lowest BCUT2D eigenvalue weighted by atomic mass is 9.92. The van der Waals surface area contributed by atoms with E-state index in [-0.39, 0.29) is 16.3 Å². The molecule has 0 saturated heterocycles. The topological polar surface area (TPSA) is 116 Å². The van der Waals surface area contributed by atoms with Gasteiger partial charge < -0.3 is 11.1 Å². The molecule has 1 aliphatic rings. The van der Waals surface area contributed by atoms with Gasteiger partial charge in [-0.2, -0.15) is 5.10 Å². The summed E-state index contributed by atoms with van der Waals surface area (Å²) in [5, 5.41) is 7.37. The molecule has 3 N–H and O–H groups in total. The van der Waals surface area contributed by atoms with Crippen LogP contribution in [0.4, 0.5) is 10.2 Å². The molecule has 1 aliphatic carbocycles. The monoisotopic (exact) mass is 462 g/mol. The van der Waals surface area contributed by atoms with Gasteiger partial charge in [-0.1, -0.05) is 17.7 Å². The van der Waals surface area contributed by atoms with Crippen LogP contribution in [0.25, 0.3) is 17.1 Å². The van der Waals surface area contributed by atoms with E-state index >= 15 is 0 Å². The molecule has 3 aromatic heterocycles. The van der Waals surface area contributed by atoms with Gasteiger partial charge in [-0.25, -0.2) is 14.1 Å².